The average molecular weight is 315 g/mol. The summed E-state index contributed by atoms with van der Waals surface area (Å²) in [6.45, 7) is 0.432. The quantitative estimate of drug-likeness (QED) is 0.760. The largest absolute Gasteiger partial charge is 0.357 e. The van der Waals surface area contributed by atoms with Crippen LogP contribution in [-0.4, -0.2) is 27.2 Å². The van der Waals surface area contributed by atoms with E-state index in [1.807, 2.05) is 41.2 Å². The summed E-state index contributed by atoms with van der Waals surface area (Å²) in [5.74, 6) is -0.142. The van der Waals surface area contributed by atoms with Gasteiger partial charge in [-0.2, -0.15) is 5.10 Å². The highest BCUT2D eigenvalue weighted by Gasteiger charge is 2.16. The van der Waals surface area contributed by atoms with E-state index in [-0.39, 0.29) is 11.9 Å². The summed E-state index contributed by atoms with van der Waals surface area (Å²) < 4.78 is 1.82. The van der Waals surface area contributed by atoms with E-state index < -0.39 is 0 Å². The lowest BCUT2D eigenvalue weighted by molar-refractivity contribution is 0.0945. The Balaban J connectivity index is 1.78. The molecular weight excluding hydrogens is 300 g/mol. The summed E-state index contributed by atoms with van der Waals surface area (Å²) in [5, 5.41) is 7.88. The second-order valence-electron chi connectivity index (χ2n) is 4.85. The molecule has 0 aliphatic carbocycles. The zero-order valence-corrected chi connectivity index (χ0v) is 12.5. The summed E-state index contributed by atoms with van der Waals surface area (Å²) >= 11 is 5.94. The van der Waals surface area contributed by atoms with Crippen LogP contribution in [0.2, 0.25) is 5.02 Å². The normalized spacial score (nSPS) is 12.0. The van der Waals surface area contributed by atoms with Crippen LogP contribution in [0.25, 0.3) is 0 Å². The molecule has 22 heavy (non-hydrogen) atoms. The number of benzene rings is 1. The van der Waals surface area contributed by atoms with Crippen LogP contribution in [0.4, 0.5) is 0 Å². The van der Waals surface area contributed by atoms with Crippen LogP contribution >= 0.6 is 11.6 Å². The second kappa shape index (κ2) is 6.49. The van der Waals surface area contributed by atoms with Gasteiger partial charge in [-0.05, 0) is 35.9 Å². The van der Waals surface area contributed by atoms with E-state index in [2.05, 4.69) is 15.4 Å². The van der Waals surface area contributed by atoms with Crippen LogP contribution in [0.15, 0.2) is 61.1 Å². The fourth-order valence-electron chi connectivity index (χ4n) is 2.27. The lowest BCUT2D eigenvalue weighted by Crippen LogP contribution is -2.31. The number of aromatic nitrogens is 3. The molecular formula is C16H15ClN4O. The van der Waals surface area contributed by atoms with E-state index in [0.29, 0.717) is 17.3 Å². The molecule has 0 saturated carbocycles. The molecule has 0 saturated heterocycles. The molecule has 6 heteroatoms. The predicted molar refractivity (Wildman–Crippen MR) is 84.9 cm³/mol. The Morgan fingerprint density at radius 2 is 2.09 bits per heavy atom. The zero-order chi connectivity index (χ0) is 15.4. The SMILES string of the molecule is O=C(NC[C@@H](c1ccc(Cl)cc1)n1cccn1)c1ccc[nH]1. The lowest BCUT2D eigenvalue weighted by atomic mass is 10.1. The second-order valence-corrected chi connectivity index (χ2v) is 5.28. The van der Waals surface area contributed by atoms with Crippen LogP contribution in [0, 0.1) is 0 Å². The smallest absolute Gasteiger partial charge is 0.267 e. The minimum atomic E-state index is -0.142. The van der Waals surface area contributed by atoms with Gasteiger partial charge in [0.25, 0.3) is 5.91 Å². The number of nitrogens with one attached hydrogen (secondary N) is 2. The number of hydrogen-bond donors (Lipinski definition) is 2. The Kier molecular flexibility index (Phi) is 4.25. The molecule has 1 amide bonds. The van der Waals surface area contributed by atoms with Crippen molar-refractivity contribution in [3.63, 3.8) is 0 Å². The summed E-state index contributed by atoms with van der Waals surface area (Å²) in [7, 11) is 0. The third kappa shape index (κ3) is 3.20. The molecule has 3 aromatic rings. The van der Waals surface area contributed by atoms with Gasteiger partial charge in [-0.25, -0.2) is 0 Å². The fourth-order valence-corrected chi connectivity index (χ4v) is 2.40. The van der Waals surface area contributed by atoms with Crippen molar-refractivity contribution in [2.45, 2.75) is 6.04 Å². The van der Waals surface area contributed by atoms with E-state index in [1.165, 1.54) is 0 Å². The maximum atomic E-state index is 12.1. The van der Waals surface area contributed by atoms with Crippen molar-refractivity contribution in [3.8, 4) is 0 Å². The topological polar surface area (TPSA) is 62.7 Å². The first-order valence-corrected chi connectivity index (χ1v) is 7.28. The Hall–Kier alpha value is -2.53. The molecule has 0 radical (unpaired) electrons. The number of rotatable bonds is 5. The maximum absolute atomic E-state index is 12.1. The van der Waals surface area contributed by atoms with E-state index in [1.54, 1.807) is 24.5 Å². The summed E-state index contributed by atoms with van der Waals surface area (Å²) in [4.78, 5) is 15.0. The van der Waals surface area contributed by atoms with Crippen molar-refractivity contribution >= 4 is 17.5 Å². The first kappa shape index (κ1) is 14.4. The molecule has 2 heterocycles. The number of H-pyrrole nitrogens is 1. The fraction of sp³-hybridized carbons (Fsp3) is 0.125. The molecule has 3 rings (SSSR count). The molecule has 112 valence electrons. The van der Waals surface area contributed by atoms with Crippen LogP contribution in [-0.2, 0) is 0 Å². The Bertz CT molecular complexity index is 720. The van der Waals surface area contributed by atoms with Crippen molar-refractivity contribution < 1.29 is 4.79 Å². The van der Waals surface area contributed by atoms with Gasteiger partial charge in [0.1, 0.15) is 5.69 Å². The summed E-state index contributed by atoms with van der Waals surface area (Å²) in [6.07, 6.45) is 5.31. The zero-order valence-electron chi connectivity index (χ0n) is 11.7. The Morgan fingerprint density at radius 1 is 1.27 bits per heavy atom. The van der Waals surface area contributed by atoms with Crippen molar-refractivity contribution in [2.75, 3.05) is 6.54 Å². The van der Waals surface area contributed by atoms with E-state index in [9.17, 15) is 4.79 Å². The monoisotopic (exact) mass is 314 g/mol. The van der Waals surface area contributed by atoms with E-state index in [0.717, 1.165) is 5.56 Å². The minimum absolute atomic E-state index is 0.0915. The molecule has 0 spiro atoms. The van der Waals surface area contributed by atoms with Gasteiger partial charge in [-0.1, -0.05) is 23.7 Å². The van der Waals surface area contributed by atoms with Crippen molar-refractivity contribution in [2.24, 2.45) is 0 Å². The molecule has 2 N–H and O–H groups in total. The molecule has 5 nitrogen and oxygen atoms in total. The number of hydrogen-bond acceptors (Lipinski definition) is 2. The standard InChI is InChI=1S/C16H15ClN4O/c17-13-6-4-12(5-7-13)15(21-10-2-9-20-21)11-19-16(22)14-3-1-8-18-14/h1-10,15,18H,11H2,(H,19,22)/t15-/m0/s1. The highest BCUT2D eigenvalue weighted by molar-refractivity contribution is 6.30. The molecule has 0 aliphatic rings. The Morgan fingerprint density at radius 3 is 2.73 bits per heavy atom. The third-order valence-corrected chi connectivity index (χ3v) is 3.65. The average Bonchev–Trinajstić information content (AvgIpc) is 3.22. The first-order valence-electron chi connectivity index (χ1n) is 6.90. The van der Waals surface area contributed by atoms with Crippen LogP contribution in [0.5, 0.6) is 0 Å². The van der Waals surface area contributed by atoms with Gasteiger partial charge in [0, 0.05) is 30.2 Å². The van der Waals surface area contributed by atoms with Crippen LogP contribution in [0.3, 0.4) is 0 Å². The molecule has 1 atom stereocenters. The molecule has 0 aliphatic heterocycles. The number of amides is 1. The number of halogens is 1. The number of aromatic amines is 1. The van der Waals surface area contributed by atoms with Crippen molar-refractivity contribution in [1.29, 1.82) is 0 Å². The summed E-state index contributed by atoms with van der Waals surface area (Å²) in [5.41, 5.74) is 1.57. The number of carbonyl (C=O) groups is 1. The maximum Gasteiger partial charge on any atom is 0.267 e. The van der Waals surface area contributed by atoms with Gasteiger partial charge in [0.2, 0.25) is 0 Å². The lowest BCUT2D eigenvalue weighted by Gasteiger charge is -2.19. The van der Waals surface area contributed by atoms with Crippen molar-refractivity contribution in [1.82, 2.24) is 20.1 Å². The van der Waals surface area contributed by atoms with E-state index >= 15 is 0 Å². The van der Waals surface area contributed by atoms with Gasteiger partial charge in [-0.15, -0.1) is 0 Å². The Labute approximate surface area is 132 Å². The van der Waals surface area contributed by atoms with Gasteiger partial charge < -0.3 is 10.3 Å². The predicted octanol–water partition coefficient (Wildman–Crippen LogP) is 2.88. The van der Waals surface area contributed by atoms with Crippen LogP contribution in [0.1, 0.15) is 22.1 Å². The molecule has 0 unspecified atom stereocenters. The van der Waals surface area contributed by atoms with Gasteiger partial charge in [0.05, 0.1) is 6.04 Å². The minimum Gasteiger partial charge on any atom is -0.357 e. The van der Waals surface area contributed by atoms with Crippen LogP contribution < -0.4 is 5.32 Å². The molecule has 0 bridgehead atoms. The third-order valence-electron chi connectivity index (χ3n) is 3.40. The first-order chi connectivity index (χ1) is 10.7. The molecule has 2 aromatic heterocycles. The van der Waals surface area contributed by atoms with Gasteiger partial charge in [-0.3, -0.25) is 9.48 Å². The summed E-state index contributed by atoms with van der Waals surface area (Å²) in [6, 6.07) is 12.8. The van der Waals surface area contributed by atoms with E-state index in [4.69, 9.17) is 11.6 Å². The van der Waals surface area contributed by atoms with Gasteiger partial charge in [0.15, 0.2) is 0 Å². The molecule has 0 fully saturated rings. The molecule has 1 aromatic carbocycles. The highest BCUT2D eigenvalue weighted by atomic mass is 35.5. The van der Waals surface area contributed by atoms with Gasteiger partial charge >= 0.3 is 0 Å². The highest BCUT2D eigenvalue weighted by Crippen LogP contribution is 2.19. The number of nitrogens with zero attached hydrogens (tertiary/aromatic N) is 2. The van der Waals surface area contributed by atoms with Crippen molar-refractivity contribution in [3.05, 3.63) is 77.3 Å². The number of carbonyl (C=O) groups excluding carboxylic acids is 1.